The van der Waals surface area contributed by atoms with E-state index >= 15 is 0 Å². The average Bonchev–Trinajstić information content (AvgIpc) is 2.50. The molecule has 0 saturated carbocycles. The number of halogens is 1. The van der Waals surface area contributed by atoms with Crippen LogP contribution in [-0.2, 0) is 10.0 Å². The van der Waals surface area contributed by atoms with Gasteiger partial charge in [-0.1, -0.05) is 6.42 Å². The minimum absolute atomic E-state index is 0. The van der Waals surface area contributed by atoms with Crippen LogP contribution < -0.4 is 15.4 Å². The summed E-state index contributed by atoms with van der Waals surface area (Å²) in [5.41, 5.74) is 0.0931. The molecule has 9 heteroatoms. The third kappa shape index (κ3) is 10.00. The molecule has 1 rings (SSSR count). The highest BCUT2D eigenvalue weighted by Gasteiger charge is 2.27. The van der Waals surface area contributed by atoms with Gasteiger partial charge in [0.05, 0.1) is 6.26 Å². The van der Waals surface area contributed by atoms with E-state index in [1.807, 2.05) is 0 Å². The summed E-state index contributed by atoms with van der Waals surface area (Å²) in [5, 5.41) is 6.59. The molecule has 1 saturated heterocycles. The topological polar surface area (TPSA) is 85.8 Å². The van der Waals surface area contributed by atoms with Gasteiger partial charge in [-0.15, -0.1) is 24.0 Å². The maximum Gasteiger partial charge on any atom is 0.208 e. The first-order valence-electron chi connectivity index (χ1n) is 8.39. The van der Waals surface area contributed by atoms with Crippen molar-refractivity contribution in [1.82, 2.24) is 20.3 Å². The molecular formula is C15H34IN5O2S. The monoisotopic (exact) mass is 475 g/mol. The Morgan fingerprint density at radius 2 is 1.75 bits per heavy atom. The quantitative estimate of drug-likeness (QED) is 0.211. The van der Waals surface area contributed by atoms with Crippen molar-refractivity contribution in [2.45, 2.75) is 45.1 Å². The maximum atomic E-state index is 11.0. The van der Waals surface area contributed by atoms with Gasteiger partial charge in [-0.3, -0.25) is 9.89 Å². The Kier molecular flexibility index (Phi) is 11.4. The van der Waals surface area contributed by atoms with E-state index in [1.165, 1.54) is 25.5 Å². The van der Waals surface area contributed by atoms with Gasteiger partial charge < -0.3 is 10.6 Å². The lowest BCUT2D eigenvalue weighted by molar-refractivity contribution is 0.0982. The minimum Gasteiger partial charge on any atom is -0.356 e. The van der Waals surface area contributed by atoms with Gasteiger partial charge in [-0.2, -0.15) is 0 Å². The zero-order valence-corrected chi connectivity index (χ0v) is 18.5. The van der Waals surface area contributed by atoms with Crippen LogP contribution in [0.2, 0.25) is 0 Å². The maximum absolute atomic E-state index is 11.0. The number of guanidine groups is 1. The number of likely N-dealkylation sites (tertiary alicyclic amines) is 1. The number of rotatable bonds is 8. The van der Waals surface area contributed by atoms with E-state index in [4.69, 9.17) is 0 Å². The molecule has 1 heterocycles. The van der Waals surface area contributed by atoms with Crippen LogP contribution in [0.3, 0.4) is 0 Å². The van der Waals surface area contributed by atoms with Gasteiger partial charge in [0, 0.05) is 32.2 Å². The zero-order valence-electron chi connectivity index (χ0n) is 15.4. The van der Waals surface area contributed by atoms with Crippen LogP contribution >= 0.6 is 24.0 Å². The van der Waals surface area contributed by atoms with Crippen LogP contribution in [0.4, 0.5) is 0 Å². The molecule has 7 nitrogen and oxygen atoms in total. The summed E-state index contributed by atoms with van der Waals surface area (Å²) in [5.74, 6) is 0.759. The third-order valence-corrected chi connectivity index (χ3v) is 4.86. The van der Waals surface area contributed by atoms with Crippen LogP contribution in [0.5, 0.6) is 0 Å². The molecule has 0 aromatic rings. The van der Waals surface area contributed by atoms with Crippen molar-refractivity contribution >= 4 is 40.0 Å². The summed E-state index contributed by atoms with van der Waals surface area (Å²) in [6.07, 6.45) is 5.78. The number of hydrogen-bond donors (Lipinski definition) is 3. The van der Waals surface area contributed by atoms with Gasteiger partial charge in [0.2, 0.25) is 10.0 Å². The zero-order chi connectivity index (χ0) is 17.3. The van der Waals surface area contributed by atoms with E-state index in [1.54, 1.807) is 7.05 Å². The second-order valence-electron chi connectivity index (χ2n) is 6.73. The lowest BCUT2D eigenvalue weighted by Gasteiger charge is -2.41. The molecule has 0 aromatic heterocycles. The molecule has 24 heavy (non-hydrogen) atoms. The van der Waals surface area contributed by atoms with Gasteiger partial charge >= 0.3 is 0 Å². The number of aliphatic imine (C=N–C) groups is 1. The van der Waals surface area contributed by atoms with Crippen molar-refractivity contribution < 1.29 is 8.42 Å². The minimum atomic E-state index is -3.10. The van der Waals surface area contributed by atoms with Gasteiger partial charge in [0.25, 0.3) is 0 Å². The highest BCUT2D eigenvalue weighted by Crippen LogP contribution is 2.19. The summed E-state index contributed by atoms with van der Waals surface area (Å²) in [6, 6.07) is 0. The fourth-order valence-corrected chi connectivity index (χ4v) is 3.20. The molecular weight excluding hydrogens is 441 g/mol. The van der Waals surface area contributed by atoms with Crippen molar-refractivity contribution in [3.63, 3.8) is 0 Å². The summed E-state index contributed by atoms with van der Waals surface area (Å²) < 4.78 is 24.4. The molecule has 0 aliphatic carbocycles. The average molecular weight is 475 g/mol. The molecule has 0 radical (unpaired) electrons. The van der Waals surface area contributed by atoms with E-state index in [-0.39, 0.29) is 29.5 Å². The molecule has 0 atom stereocenters. The lowest BCUT2D eigenvalue weighted by Crippen LogP contribution is -2.55. The fraction of sp³-hybridized carbons (Fsp3) is 0.933. The summed E-state index contributed by atoms with van der Waals surface area (Å²) >= 11 is 0. The molecule has 1 fully saturated rings. The van der Waals surface area contributed by atoms with E-state index in [0.717, 1.165) is 25.6 Å². The predicted octanol–water partition coefficient (Wildman–Crippen LogP) is 0.973. The van der Waals surface area contributed by atoms with Crippen LogP contribution in [0.25, 0.3) is 0 Å². The highest BCUT2D eigenvalue weighted by molar-refractivity contribution is 14.0. The van der Waals surface area contributed by atoms with E-state index in [2.05, 4.69) is 39.1 Å². The fourth-order valence-electron chi connectivity index (χ4n) is 2.68. The van der Waals surface area contributed by atoms with E-state index in [9.17, 15) is 8.42 Å². The first-order chi connectivity index (χ1) is 10.7. The Morgan fingerprint density at radius 3 is 2.29 bits per heavy atom. The predicted molar refractivity (Wildman–Crippen MR) is 112 cm³/mol. The second-order valence-corrected chi connectivity index (χ2v) is 8.57. The Balaban J connectivity index is 0.00000529. The van der Waals surface area contributed by atoms with Crippen molar-refractivity contribution in [2.24, 2.45) is 4.99 Å². The molecule has 0 spiro atoms. The van der Waals surface area contributed by atoms with E-state index in [0.29, 0.717) is 19.5 Å². The normalized spacial score (nSPS) is 17.2. The summed E-state index contributed by atoms with van der Waals surface area (Å²) in [4.78, 5) is 6.75. The number of nitrogens with zero attached hydrogens (tertiary/aromatic N) is 2. The third-order valence-electron chi connectivity index (χ3n) is 4.13. The van der Waals surface area contributed by atoms with Gasteiger partial charge in [0.1, 0.15) is 0 Å². The first-order valence-corrected chi connectivity index (χ1v) is 10.3. The molecule has 0 amide bonds. The molecule has 144 valence electrons. The molecule has 0 unspecified atom stereocenters. The number of sulfonamides is 1. The highest BCUT2D eigenvalue weighted by atomic mass is 127. The van der Waals surface area contributed by atoms with Crippen LogP contribution in [0.15, 0.2) is 4.99 Å². The first kappa shape index (κ1) is 23.9. The number of piperidine rings is 1. The van der Waals surface area contributed by atoms with Crippen molar-refractivity contribution in [1.29, 1.82) is 0 Å². The van der Waals surface area contributed by atoms with Crippen molar-refractivity contribution in [3.8, 4) is 0 Å². The van der Waals surface area contributed by atoms with Crippen LogP contribution in [-0.4, -0.2) is 70.8 Å². The largest absolute Gasteiger partial charge is 0.356 e. The second kappa shape index (κ2) is 11.5. The Bertz CT molecular complexity index is 476. The van der Waals surface area contributed by atoms with Gasteiger partial charge in [-0.25, -0.2) is 13.1 Å². The standard InChI is InChI=1S/C15H33N5O2S.HI/c1-15(2,20-11-6-5-7-12-20)13-18-14(16-3)17-9-8-10-19-23(4,21)22;/h19H,5-13H2,1-4H3,(H2,16,17,18);1H. The van der Waals surface area contributed by atoms with E-state index < -0.39 is 10.0 Å². The molecule has 0 bridgehead atoms. The van der Waals surface area contributed by atoms with Crippen LogP contribution in [0, 0.1) is 0 Å². The van der Waals surface area contributed by atoms with Crippen LogP contribution in [0.1, 0.15) is 39.5 Å². The Hall–Kier alpha value is -0.130. The molecule has 3 N–H and O–H groups in total. The lowest BCUT2D eigenvalue weighted by atomic mass is 9.98. The summed E-state index contributed by atoms with van der Waals surface area (Å²) in [7, 11) is -1.35. The molecule has 1 aliphatic rings. The summed E-state index contributed by atoms with van der Waals surface area (Å²) in [6.45, 7) is 8.78. The Labute approximate surface area is 164 Å². The Morgan fingerprint density at radius 1 is 1.12 bits per heavy atom. The molecule has 0 aromatic carbocycles. The van der Waals surface area contributed by atoms with Crippen molar-refractivity contribution in [2.75, 3.05) is 46.0 Å². The van der Waals surface area contributed by atoms with Gasteiger partial charge in [0.15, 0.2) is 5.96 Å². The van der Waals surface area contributed by atoms with Gasteiger partial charge in [-0.05, 0) is 46.2 Å². The number of nitrogens with one attached hydrogen (secondary N) is 3. The number of hydrogen-bond acceptors (Lipinski definition) is 4. The SMILES string of the molecule is CN=C(NCCCNS(C)(=O)=O)NCC(C)(C)N1CCCCC1.I. The smallest absolute Gasteiger partial charge is 0.208 e. The van der Waals surface area contributed by atoms with Crippen molar-refractivity contribution in [3.05, 3.63) is 0 Å². The molecule has 1 aliphatic heterocycles.